The average Bonchev–Trinajstić information content (AvgIpc) is 2.62. The Morgan fingerprint density at radius 2 is 2.22 bits per heavy atom. The van der Waals surface area contributed by atoms with E-state index < -0.39 is 12.4 Å². The van der Waals surface area contributed by atoms with Crippen LogP contribution in [0.2, 0.25) is 0 Å². The van der Waals surface area contributed by atoms with Crippen LogP contribution in [-0.2, 0) is 12.0 Å². The number of hydrogen-bond acceptors (Lipinski definition) is 8. The zero-order valence-electron chi connectivity index (χ0n) is 15.1. The molecule has 1 aliphatic heterocycles. The van der Waals surface area contributed by atoms with Crippen molar-refractivity contribution in [2.24, 2.45) is 10.7 Å². The summed E-state index contributed by atoms with van der Waals surface area (Å²) in [7, 11) is 0. The fourth-order valence-electron chi connectivity index (χ4n) is 3.03. The molecule has 2 aromatic heterocycles. The van der Waals surface area contributed by atoms with Gasteiger partial charge in [0.2, 0.25) is 12.7 Å². The van der Waals surface area contributed by atoms with Gasteiger partial charge in [-0.1, -0.05) is 18.7 Å². The molecule has 0 saturated heterocycles. The maximum atomic E-state index is 12.5. The molecular weight excluding hydrogens is 369 g/mol. The van der Waals surface area contributed by atoms with Crippen molar-refractivity contribution in [1.29, 1.82) is 0 Å². The van der Waals surface area contributed by atoms with Crippen LogP contribution >= 0.6 is 11.8 Å². The van der Waals surface area contributed by atoms with Crippen molar-refractivity contribution in [3.8, 4) is 5.88 Å². The molecule has 9 heteroatoms. The van der Waals surface area contributed by atoms with Crippen LogP contribution in [-0.4, -0.2) is 38.0 Å². The number of carbonyl (C=O) groups is 1. The van der Waals surface area contributed by atoms with E-state index in [0.29, 0.717) is 10.4 Å². The minimum absolute atomic E-state index is 0.0351. The van der Waals surface area contributed by atoms with Gasteiger partial charge in [-0.15, -0.1) is 0 Å². The van der Waals surface area contributed by atoms with Gasteiger partial charge in [0.05, 0.1) is 18.1 Å². The highest BCUT2D eigenvalue weighted by Crippen LogP contribution is 2.37. The van der Waals surface area contributed by atoms with Crippen LogP contribution in [0.5, 0.6) is 5.88 Å². The first-order valence-corrected chi connectivity index (χ1v) is 9.29. The molecule has 0 amide bonds. The summed E-state index contributed by atoms with van der Waals surface area (Å²) in [5.41, 5.74) is 7.21. The fourth-order valence-corrected chi connectivity index (χ4v) is 4.10. The first kappa shape index (κ1) is 19.2. The molecule has 0 unspecified atom stereocenters. The van der Waals surface area contributed by atoms with E-state index in [9.17, 15) is 9.18 Å². The third-order valence-electron chi connectivity index (χ3n) is 4.22. The Morgan fingerprint density at radius 1 is 1.41 bits per heavy atom. The molecule has 2 aromatic rings. The summed E-state index contributed by atoms with van der Waals surface area (Å²) in [5, 5.41) is 0.880. The van der Waals surface area contributed by atoms with E-state index in [2.05, 4.69) is 31.6 Å². The first-order chi connectivity index (χ1) is 12.9. The van der Waals surface area contributed by atoms with Crippen molar-refractivity contribution >= 4 is 22.7 Å². The van der Waals surface area contributed by atoms with Crippen LogP contribution in [0.3, 0.4) is 0 Å². The minimum Gasteiger partial charge on any atom is -0.445 e. The number of thioether (sulfide) groups is 1. The number of ketones is 1. The lowest BCUT2D eigenvalue weighted by molar-refractivity contribution is 0.0987. The highest BCUT2D eigenvalue weighted by Gasteiger charge is 2.34. The second-order valence-electron chi connectivity index (χ2n) is 6.50. The normalized spacial score (nSPS) is 22.2. The van der Waals surface area contributed by atoms with Crippen molar-refractivity contribution in [1.82, 2.24) is 15.0 Å². The predicted octanol–water partition coefficient (Wildman–Crippen LogP) is 2.66. The topological polar surface area (TPSA) is 103 Å². The average molecular weight is 389 g/mol. The molecule has 0 saturated carbocycles. The number of aliphatic imine (C=N–C) groups is 1. The summed E-state index contributed by atoms with van der Waals surface area (Å²) in [4.78, 5) is 29.3. The Kier molecular flexibility index (Phi) is 5.69. The van der Waals surface area contributed by atoms with Gasteiger partial charge in [0, 0.05) is 17.9 Å². The number of aromatic nitrogens is 3. The molecular formula is C18H20FN5O2S. The molecule has 7 nitrogen and oxygen atoms in total. The lowest BCUT2D eigenvalue weighted by Crippen LogP contribution is -2.33. The van der Waals surface area contributed by atoms with Gasteiger partial charge in [0.25, 0.3) is 0 Å². The monoisotopic (exact) mass is 389 g/mol. The van der Waals surface area contributed by atoms with Gasteiger partial charge in [0.15, 0.2) is 11.0 Å². The van der Waals surface area contributed by atoms with E-state index in [-0.39, 0.29) is 23.8 Å². The molecule has 0 aliphatic carbocycles. The summed E-state index contributed by atoms with van der Waals surface area (Å²) >= 11 is 1.55. The number of hydrogen-bond donors (Lipinski definition) is 1. The van der Waals surface area contributed by atoms with Crippen LogP contribution in [0, 0.1) is 0 Å². The van der Waals surface area contributed by atoms with E-state index in [1.807, 2.05) is 13.0 Å². The van der Waals surface area contributed by atoms with Gasteiger partial charge in [-0.2, -0.15) is 0 Å². The quantitative estimate of drug-likeness (QED) is 0.758. The van der Waals surface area contributed by atoms with Crippen LogP contribution in [0.1, 0.15) is 42.0 Å². The van der Waals surface area contributed by atoms with Gasteiger partial charge < -0.3 is 10.5 Å². The van der Waals surface area contributed by atoms with E-state index >= 15 is 0 Å². The summed E-state index contributed by atoms with van der Waals surface area (Å²) in [6, 6.07) is 3.66. The first-order valence-electron chi connectivity index (χ1n) is 8.41. The predicted molar refractivity (Wildman–Crippen MR) is 102 cm³/mol. The molecule has 0 spiro atoms. The molecule has 0 bridgehead atoms. The van der Waals surface area contributed by atoms with Gasteiger partial charge in [-0.05, 0) is 31.0 Å². The smallest absolute Gasteiger partial charge is 0.234 e. The maximum Gasteiger partial charge on any atom is 0.234 e. The number of halogens is 1. The van der Waals surface area contributed by atoms with E-state index in [1.54, 1.807) is 24.0 Å². The lowest BCUT2D eigenvalue weighted by atomic mass is 9.90. The SMILES string of the molecule is C[C@@H]1C[C@@](C)(c2cc(CC(=O)c3cnc(OCF)cn3)ccn2)N=C(N)S1. The van der Waals surface area contributed by atoms with Crippen molar-refractivity contribution in [2.45, 2.75) is 37.5 Å². The van der Waals surface area contributed by atoms with Gasteiger partial charge in [-0.25, -0.2) is 19.4 Å². The Balaban J connectivity index is 1.77. The molecule has 3 heterocycles. The Morgan fingerprint density at radius 3 is 2.89 bits per heavy atom. The van der Waals surface area contributed by atoms with Gasteiger partial charge in [-0.3, -0.25) is 9.78 Å². The number of pyridine rings is 1. The molecule has 3 rings (SSSR count). The number of Topliss-reactive ketones (excluding diaryl/α,β-unsaturated/α-hetero) is 1. The highest BCUT2D eigenvalue weighted by molar-refractivity contribution is 8.14. The third-order valence-corrected chi connectivity index (χ3v) is 5.12. The molecule has 0 radical (unpaired) electrons. The van der Waals surface area contributed by atoms with Crippen LogP contribution in [0.25, 0.3) is 0 Å². The standard InChI is InChI=1S/C18H20FN5O2S/c1-11-7-18(2,24-17(20)27-11)15-6-12(3-4-21-15)5-14(25)13-8-23-16(9-22-13)26-10-19/h3-4,6,8-9,11H,5,7,10H2,1-2H3,(H2,20,24)/t11-,18+/m1/s1. The zero-order valence-corrected chi connectivity index (χ0v) is 15.9. The molecule has 27 heavy (non-hydrogen) atoms. The van der Waals surface area contributed by atoms with Crippen molar-refractivity contribution in [3.63, 3.8) is 0 Å². The highest BCUT2D eigenvalue weighted by atomic mass is 32.2. The summed E-state index contributed by atoms with van der Waals surface area (Å²) < 4.78 is 16.7. The molecule has 0 fully saturated rings. The van der Waals surface area contributed by atoms with Crippen LogP contribution < -0.4 is 10.5 Å². The number of ether oxygens (including phenoxy) is 1. The summed E-state index contributed by atoms with van der Waals surface area (Å²) in [6.45, 7) is 3.11. The minimum atomic E-state index is -0.995. The zero-order chi connectivity index (χ0) is 19.4. The fraction of sp³-hybridized carbons (Fsp3) is 0.389. The largest absolute Gasteiger partial charge is 0.445 e. The lowest BCUT2D eigenvalue weighted by Gasteiger charge is -2.32. The van der Waals surface area contributed by atoms with Crippen molar-refractivity contribution in [3.05, 3.63) is 47.7 Å². The van der Waals surface area contributed by atoms with Crippen LogP contribution in [0.15, 0.2) is 35.7 Å². The van der Waals surface area contributed by atoms with E-state index in [0.717, 1.165) is 17.7 Å². The number of rotatable bonds is 6. The number of nitrogens with two attached hydrogens (primary N) is 1. The number of alkyl halides is 1. The molecule has 1 aliphatic rings. The number of amidine groups is 1. The number of carbonyl (C=O) groups excluding carboxylic acids is 1. The Hall–Kier alpha value is -2.55. The van der Waals surface area contributed by atoms with E-state index in [1.165, 1.54) is 12.4 Å². The molecule has 2 atom stereocenters. The Labute approximate surface area is 160 Å². The molecule has 2 N–H and O–H groups in total. The number of nitrogens with zero attached hydrogens (tertiary/aromatic N) is 4. The van der Waals surface area contributed by atoms with E-state index in [4.69, 9.17) is 5.73 Å². The summed E-state index contributed by atoms with van der Waals surface area (Å²) in [6.07, 6.45) is 5.13. The maximum absolute atomic E-state index is 12.5. The second-order valence-corrected chi connectivity index (χ2v) is 7.96. The molecule has 142 valence electrons. The van der Waals surface area contributed by atoms with Crippen molar-refractivity contribution in [2.75, 3.05) is 6.86 Å². The Bertz CT molecular complexity index is 861. The second kappa shape index (κ2) is 7.99. The van der Waals surface area contributed by atoms with Crippen molar-refractivity contribution < 1.29 is 13.9 Å². The summed E-state index contributed by atoms with van der Waals surface area (Å²) in [5.74, 6) is -0.167. The van der Waals surface area contributed by atoms with Gasteiger partial charge in [0.1, 0.15) is 11.2 Å². The third kappa shape index (κ3) is 4.60. The van der Waals surface area contributed by atoms with Crippen LogP contribution in [0.4, 0.5) is 4.39 Å². The van der Waals surface area contributed by atoms with Gasteiger partial charge >= 0.3 is 0 Å². The molecule has 0 aromatic carbocycles.